The van der Waals surface area contributed by atoms with Crippen molar-refractivity contribution in [1.29, 1.82) is 0 Å². The lowest BCUT2D eigenvalue weighted by Crippen LogP contribution is -2.28. The Hall–Kier alpha value is -2.67. The molecule has 0 bridgehead atoms. The lowest BCUT2D eigenvalue weighted by molar-refractivity contribution is -0.117. The number of hydrogen-bond acceptors (Lipinski definition) is 5. The summed E-state index contributed by atoms with van der Waals surface area (Å²) in [5.74, 6) is -1.59. The molecule has 0 aliphatic carbocycles. The van der Waals surface area contributed by atoms with Gasteiger partial charge in [-0.25, -0.2) is 14.8 Å². The molecule has 2 rings (SSSR count). The minimum Gasteiger partial charge on any atom is -0.476 e. The van der Waals surface area contributed by atoms with Gasteiger partial charge < -0.3 is 5.11 Å². The van der Waals surface area contributed by atoms with Crippen molar-refractivity contribution < 1.29 is 14.7 Å². The molecular weight excluding hydrogens is 252 g/mol. The van der Waals surface area contributed by atoms with Gasteiger partial charge in [0.15, 0.2) is 11.5 Å². The predicted molar refractivity (Wildman–Crippen MR) is 63.5 cm³/mol. The van der Waals surface area contributed by atoms with Crippen molar-refractivity contribution in [3.05, 3.63) is 28.5 Å². The Bertz CT molecular complexity index is 568. The van der Waals surface area contributed by atoms with Crippen LogP contribution < -0.4 is 4.90 Å². The monoisotopic (exact) mass is 262 g/mol. The molecule has 9 nitrogen and oxygen atoms in total. The number of nitrogens with zero attached hydrogens (tertiary/aromatic N) is 6. The standard InChI is InChI=1S/C10H10N6O3/c11-15-14-4-6-3-7(17)16(5-6)9-8(10(18)19)12-1-2-13-9/h1-2,6H,3-5H2,(H,18,19). The fourth-order valence-electron chi connectivity index (χ4n) is 1.94. The Labute approximate surface area is 107 Å². The molecule has 1 amide bonds. The highest BCUT2D eigenvalue weighted by molar-refractivity contribution is 6.00. The topological polar surface area (TPSA) is 132 Å². The molecule has 98 valence electrons. The highest BCUT2D eigenvalue weighted by atomic mass is 16.4. The maximum atomic E-state index is 11.9. The zero-order chi connectivity index (χ0) is 13.8. The maximum Gasteiger partial charge on any atom is 0.358 e. The van der Waals surface area contributed by atoms with Gasteiger partial charge in [0.25, 0.3) is 0 Å². The van der Waals surface area contributed by atoms with E-state index in [2.05, 4.69) is 20.0 Å². The normalized spacial score (nSPS) is 18.2. The van der Waals surface area contributed by atoms with Gasteiger partial charge in [-0.15, -0.1) is 0 Å². The van der Waals surface area contributed by atoms with E-state index in [1.54, 1.807) is 0 Å². The van der Waals surface area contributed by atoms with Crippen LogP contribution in [0, 0.1) is 5.92 Å². The summed E-state index contributed by atoms with van der Waals surface area (Å²) in [5, 5.41) is 12.4. The van der Waals surface area contributed by atoms with Gasteiger partial charge in [-0.3, -0.25) is 9.69 Å². The molecule has 1 atom stereocenters. The van der Waals surface area contributed by atoms with Gasteiger partial charge in [-0.2, -0.15) is 0 Å². The van der Waals surface area contributed by atoms with Gasteiger partial charge in [0.1, 0.15) is 0 Å². The fraction of sp³-hybridized carbons (Fsp3) is 0.400. The number of amides is 1. The molecule has 1 unspecified atom stereocenters. The van der Waals surface area contributed by atoms with Gasteiger partial charge in [-0.1, -0.05) is 5.11 Å². The first kappa shape index (κ1) is 12.8. The molecule has 19 heavy (non-hydrogen) atoms. The highest BCUT2D eigenvalue weighted by Gasteiger charge is 2.33. The first-order valence-corrected chi connectivity index (χ1v) is 5.49. The van der Waals surface area contributed by atoms with E-state index < -0.39 is 5.97 Å². The van der Waals surface area contributed by atoms with Crippen molar-refractivity contribution in [3.63, 3.8) is 0 Å². The van der Waals surface area contributed by atoms with Crippen LogP contribution in [0.25, 0.3) is 10.4 Å². The van der Waals surface area contributed by atoms with Crippen LogP contribution in [-0.2, 0) is 4.79 Å². The number of aromatic nitrogens is 2. The summed E-state index contributed by atoms with van der Waals surface area (Å²) in [5.41, 5.74) is 7.99. The van der Waals surface area contributed by atoms with E-state index in [1.807, 2.05) is 0 Å². The average Bonchev–Trinajstić information content (AvgIpc) is 2.77. The van der Waals surface area contributed by atoms with Crippen LogP contribution in [0.15, 0.2) is 17.5 Å². The molecule has 0 radical (unpaired) electrons. The van der Waals surface area contributed by atoms with Crippen molar-refractivity contribution >= 4 is 17.7 Å². The number of anilines is 1. The Kier molecular flexibility index (Phi) is 3.58. The zero-order valence-electron chi connectivity index (χ0n) is 9.80. The summed E-state index contributed by atoms with van der Waals surface area (Å²) < 4.78 is 0. The van der Waals surface area contributed by atoms with Gasteiger partial charge in [0.2, 0.25) is 5.91 Å². The zero-order valence-corrected chi connectivity index (χ0v) is 9.80. The van der Waals surface area contributed by atoms with Gasteiger partial charge in [0.05, 0.1) is 0 Å². The molecule has 1 aromatic rings. The smallest absolute Gasteiger partial charge is 0.358 e. The number of hydrogen-bond donors (Lipinski definition) is 1. The summed E-state index contributed by atoms with van der Waals surface area (Å²) >= 11 is 0. The van der Waals surface area contributed by atoms with Gasteiger partial charge >= 0.3 is 5.97 Å². The third kappa shape index (κ3) is 2.61. The van der Waals surface area contributed by atoms with Crippen molar-refractivity contribution in [2.45, 2.75) is 6.42 Å². The summed E-state index contributed by atoms with van der Waals surface area (Å²) in [6.45, 7) is 0.470. The number of carbonyl (C=O) groups is 2. The Morgan fingerprint density at radius 3 is 3.00 bits per heavy atom. The van der Waals surface area contributed by atoms with Gasteiger partial charge in [0, 0.05) is 36.8 Å². The summed E-state index contributed by atoms with van der Waals surface area (Å²) in [7, 11) is 0. The number of carboxylic acid groups (broad SMARTS) is 1. The van der Waals surface area contributed by atoms with Crippen LogP contribution >= 0.6 is 0 Å². The third-order valence-electron chi connectivity index (χ3n) is 2.75. The molecule has 2 heterocycles. The van der Waals surface area contributed by atoms with Crippen LogP contribution in [-0.4, -0.2) is 40.0 Å². The number of aromatic carboxylic acids is 1. The molecule has 1 aromatic heterocycles. The molecule has 1 saturated heterocycles. The van der Waals surface area contributed by atoms with E-state index >= 15 is 0 Å². The lowest BCUT2D eigenvalue weighted by atomic mass is 10.1. The number of carbonyl (C=O) groups excluding carboxylic acids is 1. The van der Waals surface area contributed by atoms with Crippen molar-refractivity contribution in [2.75, 3.05) is 18.0 Å². The minimum absolute atomic E-state index is 0.0310. The van der Waals surface area contributed by atoms with E-state index in [9.17, 15) is 9.59 Å². The van der Waals surface area contributed by atoms with Crippen molar-refractivity contribution in [2.24, 2.45) is 11.0 Å². The Balaban J connectivity index is 2.25. The van der Waals surface area contributed by atoms with Crippen molar-refractivity contribution in [3.8, 4) is 0 Å². The number of carboxylic acids is 1. The third-order valence-corrected chi connectivity index (χ3v) is 2.75. The molecule has 1 fully saturated rings. The first-order chi connectivity index (χ1) is 9.13. The minimum atomic E-state index is -1.24. The van der Waals surface area contributed by atoms with E-state index in [1.165, 1.54) is 17.3 Å². The molecule has 0 spiro atoms. The first-order valence-electron chi connectivity index (χ1n) is 5.49. The fourth-order valence-corrected chi connectivity index (χ4v) is 1.94. The summed E-state index contributed by atoms with van der Waals surface area (Å²) in [4.78, 5) is 34.4. The second-order valence-electron chi connectivity index (χ2n) is 4.02. The van der Waals surface area contributed by atoms with Crippen LogP contribution in [0.3, 0.4) is 0 Å². The second-order valence-corrected chi connectivity index (χ2v) is 4.02. The van der Waals surface area contributed by atoms with E-state index in [4.69, 9.17) is 10.6 Å². The molecule has 1 aliphatic heterocycles. The average molecular weight is 262 g/mol. The number of azide groups is 1. The quantitative estimate of drug-likeness (QED) is 0.487. The summed E-state index contributed by atoms with van der Waals surface area (Å²) in [6, 6.07) is 0. The van der Waals surface area contributed by atoms with Crippen molar-refractivity contribution in [1.82, 2.24) is 9.97 Å². The SMILES string of the molecule is [N-]=[N+]=NCC1CC(=O)N(c2nccnc2C(=O)O)C1. The number of rotatable bonds is 4. The molecule has 1 N–H and O–H groups in total. The Morgan fingerprint density at radius 2 is 2.32 bits per heavy atom. The highest BCUT2D eigenvalue weighted by Crippen LogP contribution is 2.25. The molecule has 9 heteroatoms. The van der Waals surface area contributed by atoms with E-state index in [-0.39, 0.29) is 42.8 Å². The Morgan fingerprint density at radius 1 is 1.58 bits per heavy atom. The van der Waals surface area contributed by atoms with Crippen LogP contribution in [0.5, 0.6) is 0 Å². The molecule has 0 aromatic carbocycles. The van der Waals surface area contributed by atoms with E-state index in [0.29, 0.717) is 0 Å². The predicted octanol–water partition coefficient (Wildman–Crippen LogP) is 0.838. The largest absolute Gasteiger partial charge is 0.476 e. The lowest BCUT2D eigenvalue weighted by Gasteiger charge is -2.16. The van der Waals surface area contributed by atoms with Crippen LogP contribution in [0.2, 0.25) is 0 Å². The van der Waals surface area contributed by atoms with Crippen LogP contribution in [0.1, 0.15) is 16.9 Å². The molecule has 1 aliphatic rings. The molecular formula is C10H10N6O3. The maximum absolute atomic E-state index is 11.9. The summed E-state index contributed by atoms with van der Waals surface area (Å²) in [6.07, 6.45) is 2.79. The second kappa shape index (κ2) is 5.32. The van der Waals surface area contributed by atoms with Gasteiger partial charge in [-0.05, 0) is 11.4 Å². The molecule has 0 saturated carbocycles. The van der Waals surface area contributed by atoms with E-state index in [0.717, 1.165) is 0 Å². The van der Waals surface area contributed by atoms with Crippen LogP contribution in [0.4, 0.5) is 5.82 Å².